The Bertz CT molecular complexity index is 190. The molecule has 0 saturated carbocycles. The number of carbonyl (C=O) groups is 1. The topological polar surface area (TPSA) is 41.1 Å². The zero-order valence-electron chi connectivity index (χ0n) is 10.2. The predicted molar refractivity (Wildman–Crippen MR) is 64.7 cm³/mol. The van der Waals surface area contributed by atoms with E-state index in [1.165, 1.54) is 0 Å². The molecule has 0 aliphatic carbocycles. The summed E-state index contributed by atoms with van der Waals surface area (Å²) in [4.78, 5) is 11.3. The van der Waals surface area contributed by atoms with Gasteiger partial charge in [-0.1, -0.05) is 19.9 Å². The maximum Gasteiger partial charge on any atom is 0.233 e. The van der Waals surface area contributed by atoms with Crippen LogP contribution < -0.4 is 10.6 Å². The molecule has 0 aliphatic rings. The Morgan fingerprint density at radius 3 is 2.60 bits per heavy atom. The first-order valence-corrected chi connectivity index (χ1v) is 5.67. The van der Waals surface area contributed by atoms with Crippen LogP contribution in [0.15, 0.2) is 12.7 Å². The van der Waals surface area contributed by atoms with E-state index in [1.807, 2.05) is 6.08 Å². The van der Waals surface area contributed by atoms with E-state index >= 15 is 0 Å². The minimum Gasteiger partial charge on any atom is -0.355 e. The first-order valence-electron chi connectivity index (χ1n) is 5.67. The van der Waals surface area contributed by atoms with Crippen LogP contribution >= 0.6 is 0 Å². The molecule has 0 aromatic heterocycles. The molecule has 1 amide bonds. The van der Waals surface area contributed by atoms with Crippen molar-refractivity contribution in [3.63, 3.8) is 0 Å². The van der Waals surface area contributed by atoms with Crippen molar-refractivity contribution in [3.05, 3.63) is 12.7 Å². The van der Waals surface area contributed by atoms with Crippen molar-refractivity contribution in [2.45, 2.75) is 39.7 Å². The molecule has 15 heavy (non-hydrogen) atoms. The standard InChI is InChI=1S/C12H24N2O/c1-5-6-7-11(4)13-9-12(15)14-8-10(2)3/h5,10-11,13H,1,6-9H2,2-4H3,(H,14,15). The largest absolute Gasteiger partial charge is 0.355 e. The lowest BCUT2D eigenvalue weighted by molar-refractivity contribution is -0.120. The molecule has 0 aliphatic heterocycles. The van der Waals surface area contributed by atoms with Gasteiger partial charge in [0.25, 0.3) is 0 Å². The predicted octanol–water partition coefficient (Wildman–Crippen LogP) is 1.70. The van der Waals surface area contributed by atoms with Crippen molar-refractivity contribution in [1.82, 2.24) is 10.6 Å². The van der Waals surface area contributed by atoms with Gasteiger partial charge in [0.1, 0.15) is 0 Å². The lowest BCUT2D eigenvalue weighted by atomic mass is 10.2. The average Bonchev–Trinajstić information content (AvgIpc) is 2.20. The Balaban J connectivity index is 3.48. The van der Waals surface area contributed by atoms with Crippen LogP contribution in [-0.4, -0.2) is 25.0 Å². The van der Waals surface area contributed by atoms with Gasteiger partial charge < -0.3 is 10.6 Å². The first kappa shape index (κ1) is 14.2. The third kappa shape index (κ3) is 9.47. The molecule has 0 bridgehead atoms. The number of carbonyl (C=O) groups excluding carboxylic acids is 1. The fraction of sp³-hybridized carbons (Fsp3) is 0.750. The van der Waals surface area contributed by atoms with E-state index in [2.05, 4.69) is 38.0 Å². The third-order valence-electron chi connectivity index (χ3n) is 2.12. The van der Waals surface area contributed by atoms with E-state index in [0.29, 0.717) is 18.5 Å². The highest BCUT2D eigenvalue weighted by molar-refractivity contribution is 5.77. The molecule has 0 aromatic carbocycles. The molecule has 0 heterocycles. The summed E-state index contributed by atoms with van der Waals surface area (Å²) in [6, 6.07) is 0.368. The van der Waals surface area contributed by atoms with Crippen LogP contribution in [0.5, 0.6) is 0 Å². The maximum atomic E-state index is 11.3. The van der Waals surface area contributed by atoms with Gasteiger partial charge in [0.05, 0.1) is 6.54 Å². The SMILES string of the molecule is C=CCCC(C)NCC(=O)NCC(C)C. The van der Waals surface area contributed by atoms with Gasteiger partial charge in [0.2, 0.25) is 5.91 Å². The zero-order valence-corrected chi connectivity index (χ0v) is 10.2. The first-order chi connectivity index (χ1) is 7.06. The van der Waals surface area contributed by atoms with Crippen LogP contribution in [0.2, 0.25) is 0 Å². The molecule has 0 spiro atoms. The van der Waals surface area contributed by atoms with Gasteiger partial charge in [-0.15, -0.1) is 6.58 Å². The normalized spacial score (nSPS) is 12.5. The van der Waals surface area contributed by atoms with Crippen LogP contribution in [0, 0.1) is 5.92 Å². The highest BCUT2D eigenvalue weighted by atomic mass is 16.1. The third-order valence-corrected chi connectivity index (χ3v) is 2.12. The van der Waals surface area contributed by atoms with Crippen molar-refractivity contribution < 1.29 is 4.79 Å². The van der Waals surface area contributed by atoms with Crippen LogP contribution in [0.4, 0.5) is 0 Å². The minimum absolute atomic E-state index is 0.0779. The van der Waals surface area contributed by atoms with Gasteiger partial charge in [-0.3, -0.25) is 4.79 Å². The van der Waals surface area contributed by atoms with Gasteiger partial charge >= 0.3 is 0 Å². The van der Waals surface area contributed by atoms with Crippen molar-refractivity contribution in [2.75, 3.05) is 13.1 Å². The molecule has 1 unspecified atom stereocenters. The smallest absolute Gasteiger partial charge is 0.233 e. The summed E-state index contributed by atoms with van der Waals surface area (Å²) in [6.07, 6.45) is 3.92. The Morgan fingerprint density at radius 1 is 1.40 bits per heavy atom. The molecule has 0 aromatic rings. The van der Waals surface area contributed by atoms with Crippen LogP contribution in [0.25, 0.3) is 0 Å². The van der Waals surface area contributed by atoms with Gasteiger partial charge in [-0.25, -0.2) is 0 Å². The van der Waals surface area contributed by atoms with Gasteiger partial charge in [0.15, 0.2) is 0 Å². The lowest BCUT2D eigenvalue weighted by Crippen LogP contribution is -2.39. The lowest BCUT2D eigenvalue weighted by Gasteiger charge is -2.13. The van der Waals surface area contributed by atoms with Crippen molar-refractivity contribution in [2.24, 2.45) is 5.92 Å². The quantitative estimate of drug-likeness (QED) is 0.601. The summed E-state index contributed by atoms with van der Waals surface area (Å²) in [5.74, 6) is 0.585. The highest BCUT2D eigenvalue weighted by Crippen LogP contribution is 1.95. The molecule has 3 nitrogen and oxygen atoms in total. The van der Waals surface area contributed by atoms with E-state index in [1.54, 1.807) is 0 Å². The molecule has 3 heteroatoms. The van der Waals surface area contributed by atoms with E-state index in [-0.39, 0.29) is 5.91 Å². The van der Waals surface area contributed by atoms with E-state index in [0.717, 1.165) is 19.4 Å². The Hall–Kier alpha value is -0.830. The molecule has 1 atom stereocenters. The molecule has 0 saturated heterocycles. The molecule has 2 N–H and O–H groups in total. The van der Waals surface area contributed by atoms with E-state index < -0.39 is 0 Å². The molecular formula is C12H24N2O. The summed E-state index contributed by atoms with van der Waals surface area (Å²) in [5, 5.41) is 6.05. The number of allylic oxidation sites excluding steroid dienone is 1. The number of rotatable bonds is 8. The molecular weight excluding hydrogens is 188 g/mol. The monoisotopic (exact) mass is 212 g/mol. The number of hydrogen-bond donors (Lipinski definition) is 2. The second-order valence-electron chi connectivity index (χ2n) is 4.35. The Labute approximate surface area is 93.3 Å². The molecule has 0 radical (unpaired) electrons. The second-order valence-corrected chi connectivity index (χ2v) is 4.35. The highest BCUT2D eigenvalue weighted by Gasteiger charge is 2.04. The molecule has 0 fully saturated rings. The van der Waals surface area contributed by atoms with Gasteiger partial charge in [-0.05, 0) is 25.7 Å². The summed E-state index contributed by atoms with van der Waals surface area (Å²) in [6.45, 7) is 11.1. The van der Waals surface area contributed by atoms with Crippen LogP contribution in [0.3, 0.4) is 0 Å². The van der Waals surface area contributed by atoms with Gasteiger partial charge in [0, 0.05) is 12.6 Å². The average molecular weight is 212 g/mol. The maximum absolute atomic E-state index is 11.3. The van der Waals surface area contributed by atoms with Crippen LogP contribution in [0.1, 0.15) is 33.6 Å². The number of amides is 1. The Kier molecular flexibility index (Phi) is 8.01. The number of nitrogens with one attached hydrogen (secondary N) is 2. The van der Waals surface area contributed by atoms with Crippen molar-refractivity contribution in [3.8, 4) is 0 Å². The Morgan fingerprint density at radius 2 is 2.07 bits per heavy atom. The zero-order chi connectivity index (χ0) is 11.7. The second kappa shape index (κ2) is 8.48. The number of hydrogen-bond acceptors (Lipinski definition) is 2. The van der Waals surface area contributed by atoms with Gasteiger partial charge in [-0.2, -0.15) is 0 Å². The summed E-state index contributed by atoms with van der Waals surface area (Å²) in [5.41, 5.74) is 0. The minimum atomic E-state index is 0.0779. The molecule has 88 valence electrons. The van der Waals surface area contributed by atoms with Crippen LogP contribution in [-0.2, 0) is 4.79 Å². The van der Waals surface area contributed by atoms with E-state index in [4.69, 9.17) is 0 Å². The summed E-state index contributed by atoms with van der Waals surface area (Å²) in [7, 11) is 0. The van der Waals surface area contributed by atoms with E-state index in [9.17, 15) is 4.79 Å². The summed E-state index contributed by atoms with van der Waals surface area (Å²) < 4.78 is 0. The molecule has 0 rings (SSSR count). The fourth-order valence-corrected chi connectivity index (χ4v) is 1.12. The summed E-state index contributed by atoms with van der Waals surface area (Å²) >= 11 is 0. The van der Waals surface area contributed by atoms with Crippen molar-refractivity contribution >= 4 is 5.91 Å². The fourth-order valence-electron chi connectivity index (χ4n) is 1.12. The van der Waals surface area contributed by atoms with Crippen molar-refractivity contribution in [1.29, 1.82) is 0 Å².